The molecule has 1 rings (SSSR count). The molecule has 1 aromatic rings. The Hall–Kier alpha value is -1.26. The van der Waals surface area contributed by atoms with Crippen molar-refractivity contribution in [1.82, 2.24) is 0 Å². The first kappa shape index (κ1) is 19.8. The zero-order valence-electron chi connectivity index (χ0n) is 12.9. The van der Waals surface area contributed by atoms with Crippen molar-refractivity contribution >= 4 is 20.2 Å². The van der Waals surface area contributed by atoms with Gasteiger partial charge in [-0.25, -0.2) is 0 Å². The molecule has 10 heteroatoms. The number of halogens is 2. The quantitative estimate of drug-likeness (QED) is 0.630. The average Bonchev–Trinajstić information content (AvgIpc) is 2.35. The van der Waals surface area contributed by atoms with Crippen LogP contribution < -0.4 is 4.18 Å². The van der Waals surface area contributed by atoms with E-state index in [0.717, 1.165) is 17.7 Å². The Kier molecular flexibility index (Phi) is 5.15. The molecule has 132 valence electrons. The normalized spacial score (nSPS) is 15.3. The molecule has 0 aliphatic heterocycles. The van der Waals surface area contributed by atoms with Gasteiger partial charge in [-0.15, -0.1) is 0 Å². The molecular weight excluding hydrogens is 354 g/mol. The third kappa shape index (κ3) is 4.18. The maximum Gasteiger partial charge on any atom is 0.506 e. The van der Waals surface area contributed by atoms with Crippen molar-refractivity contribution in [2.75, 3.05) is 0 Å². The van der Waals surface area contributed by atoms with Crippen molar-refractivity contribution in [3.8, 4) is 5.75 Å². The summed E-state index contributed by atoms with van der Waals surface area (Å²) >= 11 is 0. The van der Waals surface area contributed by atoms with Crippen molar-refractivity contribution < 1.29 is 34.4 Å². The number of hydrogen-bond acceptors (Lipinski definition) is 5. The monoisotopic (exact) mass is 372 g/mol. The third-order valence-electron chi connectivity index (χ3n) is 3.48. The molecule has 0 saturated carbocycles. The molecule has 6 nitrogen and oxygen atoms in total. The van der Waals surface area contributed by atoms with Gasteiger partial charge < -0.3 is 4.18 Å². The van der Waals surface area contributed by atoms with Crippen LogP contribution in [0, 0.1) is 5.41 Å². The minimum atomic E-state index is -6.17. The number of hydrogen-bond donors (Lipinski definition) is 1. The fourth-order valence-electron chi connectivity index (χ4n) is 1.62. The number of benzene rings is 1. The molecule has 1 N–H and O–H groups in total. The minimum absolute atomic E-state index is 0.0769. The van der Waals surface area contributed by atoms with E-state index in [-0.39, 0.29) is 11.3 Å². The van der Waals surface area contributed by atoms with Crippen molar-refractivity contribution in [1.29, 1.82) is 0 Å². The van der Waals surface area contributed by atoms with E-state index in [1.807, 2.05) is 27.7 Å². The Morgan fingerprint density at radius 3 is 1.83 bits per heavy atom. The van der Waals surface area contributed by atoms with E-state index in [9.17, 15) is 25.6 Å². The molecule has 1 unspecified atom stereocenters. The fraction of sp³-hybridized carbons (Fsp3) is 0.538. The Morgan fingerprint density at radius 1 is 1.04 bits per heavy atom. The zero-order chi connectivity index (χ0) is 18.3. The van der Waals surface area contributed by atoms with Gasteiger partial charge >= 0.3 is 24.8 Å². The van der Waals surface area contributed by atoms with Crippen molar-refractivity contribution in [3.05, 3.63) is 29.8 Å². The highest BCUT2D eigenvalue weighted by atomic mass is 32.3. The summed E-state index contributed by atoms with van der Waals surface area (Å²) in [6, 6.07) is 5.25. The SMILES string of the molecule is CC(c1ccc(OS(=O)(=O)C(F)(F)S(=O)(=O)O)cc1)C(C)(C)C. The van der Waals surface area contributed by atoms with Gasteiger partial charge in [0.1, 0.15) is 5.75 Å². The molecule has 0 spiro atoms. The Bertz CT molecular complexity index is 762. The lowest BCUT2D eigenvalue weighted by atomic mass is 9.78. The van der Waals surface area contributed by atoms with Gasteiger partial charge in [0.15, 0.2) is 0 Å². The highest BCUT2D eigenvalue weighted by molar-refractivity contribution is 8.05. The van der Waals surface area contributed by atoms with Gasteiger partial charge in [-0.05, 0) is 29.0 Å². The van der Waals surface area contributed by atoms with Gasteiger partial charge in [0.25, 0.3) is 0 Å². The third-order valence-corrected chi connectivity index (χ3v) is 6.32. The standard InChI is InChI=1S/C13H18F2O6S2/c1-9(12(2,3)4)10-5-7-11(8-6-10)21-23(19,20)13(14,15)22(16,17)18/h5-9H,1-4H3,(H,16,17,18). The van der Waals surface area contributed by atoms with E-state index >= 15 is 0 Å². The predicted molar refractivity (Wildman–Crippen MR) is 80.4 cm³/mol. The van der Waals surface area contributed by atoms with Crippen molar-refractivity contribution in [2.45, 2.75) is 38.2 Å². The Morgan fingerprint density at radius 2 is 1.48 bits per heavy atom. The summed E-state index contributed by atoms with van der Waals surface area (Å²) < 4.78 is 77.0. The topological polar surface area (TPSA) is 97.7 Å². The van der Waals surface area contributed by atoms with Gasteiger partial charge in [0.2, 0.25) is 0 Å². The summed E-state index contributed by atoms with van der Waals surface area (Å²) in [5, 5.41) is 0. The fourth-order valence-corrected chi connectivity index (χ4v) is 3.21. The van der Waals surface area contributed by atoms with E-state index < -0.39 is 30.6 Å². The lowest BCUT2D eigenvalue weighted by Gasteiger charge is -2.27. The first-order valence-electron chi connectivity index (χ1n) is 6.48. The van der Waals surface area contributed by atoms with Crippen LogP contribution in [-0.4, -0.2) is 26.0 Å². The van der Waals surface area contributed by atoms with Gasteiger partial charge in [-0.2, -0.15) is 25.6 Å². The second-order valence-corrected chi connectivity index (χ2v) is 9.44. The lowest BCUT2D eigenvalue weighted by Crippen LogP contribution is -2.40. The van der Waals surface area contributed by atoms with Crippen molar-refractivity contribution in [3.63, 3.8) is 0 Å². The van der Waals surface area contributed by atoms with E-state index in [1.165, 1.54) is 12.1 Å². The molecule has 0 aromatic heterocycles. The lowest BCUT2D eigenvalue weighted by molar-refractivity contribution is 0.155. The Labute approximate surface area is 134 Å². The summed E-state index contributed by atoms with van der Waals surface area (Å²) in [6.45, 7) is 7.94. The number of rotatable bonds is 5. The molecule has 1 aromatic carbocycles. The highest BCUT2D eigenvalue weighted by Crippen LogP contribution is 2.36. The summed E-state index contributed by atoms with van der Waals surface area (Å²) in [6.07, 6.45) is 0. The van der Waals surface area contributed by atoms with Crippen LogP contribution in [0.15, 0.2) is 24.3 Å². The molecular formula is C13H18F2O6S2. The minimum Gasteiger partial charge on any atom is -0.377 e. The highest BCUT2D eigenvalue weighted by Gasteiger charge is 2.59. The number of alkyl halides is 2. The van der Waals surface area contributed by atoms with Gasteiger partial charge in [-0.1, -0.05) is 39.8 Å². The molecule has 1 atom stereocenters. The van der Waals surface area contributed by atoms with E-state index in [1.54, 1.807) is 0 Å². The maximum atomic E-state index is 13.2. The molecule has 0 aliphatic rings. The van der Waals surface area contributed by atoms with Crippen LogP contribution in [-0.2, 0) is 20.2 Å². The van der Waals surface area contributed by atoms with Crippen LogP contribution in [0.5, 0.6) is 5.75 Å². The Balaban J connectivity index is 3.09. The molecule has 0 fully saturated rings. The molecule has 0 aliphatic carbocycles. The molecule has 0 saturated heterocycles. The van der Waals surface area contributed by atoms with Gasteiger partial charge in [0.05, 0.1) is 0 Å². The average molecular weight is 372 g/mol. The summed E-state index contributed by atoms with van der Waals surface area (Å²) in [4.78, 5) is 0. The zero-order valence-corrected chi connectivity index (χ0v) is 14.6. The van der Waals surface area contributed by atoms with E-state index in [4.69, 9.17) is 4.55 Å². The smallest absolute Gasteiger partial charge is 0.377 e. The molecule has 0 amide bonds. The second-order valence-electron chi connectivity index (χ2n) is 6.13. The van der Waals surface area contributed by atoms with Gasteiger partial charge in [-0.3, -0.25) is 4.55 Å². The summed E-state index contributed by atoms with van der Waals surface area (Å²) in [5.41, 5.74) is 0.746. The maximum absolute atomic E-state index is 13.2. The van der Waals surface area contributed by atoms with Crippen LogP contribution in [0.1, 0.15) is 39.2 Å². The van der Waals surface area contributed by atoms with Crippen molar-refractivity contribution in [2.24, 2.45) is 5.41 Å². The molecule has 0 radical (unpaired) electrons. The van der Waals surface area contributed by atoms with E-state index in [0.29, 0.717) is 0 Å². The molecule has 0 bridgehead atoms. The van der Waals surface area contributed by atoms with E-state index in [2.05, 4.69) is 4.18 Å². The first-order valence-corrected chi connectivity index (χ1v) is 9.33. The van der Waals surface area contributed by atoms with Crippen LogP contribution in [0.25, 0.3) is 0 Å². The summed E-state index contributed by atoms with van der Waals surface area (Å²) in [5.74, 6) is -0.398. The summed E-state index contributed by atoms with van der Waals surface area (Å²) in [7, 11) is -12.1. The predicted octanol–water partition coefficient (Wildman–Crippen LogP) is 2.98. The van der Waals surface area contributed by atoms with Crippen LogP contribution in [0.2, 0.25) is 0 Å². The second kappa shape index (κ2) is 5.99. The van der Waals surface area contributed by atoms with Crippen LogP contribution >= 0.6 is 0 Å². The van der Waals surface area contributed by atoms with Crippen LogP contribution in [0.4, 0.5) is 8.78 Å². The molecule has 0 heterocycles. The van der Waals surface area contributed by atoms with Crippen LogP contribution in [0.3, 0.4) is 0 Å². The van der Waals surface area contributed by atoms with Gasteiger partial charge in [0, 0.05) is 0 Å². The first-order chi connectivity index (χ1) is 10.1. The largest absolute Gasteiger partial charge is 0.506 e. The molecule has 23 heavy (non-hydrogen) atoms.